The highest BCUT2D eigenvalue weighted by molar-refractivity contribution is 6.23. The SMILES string of the molecule is Cc1ccc(-n2c3ccccc3c3cc(-c4ccc5c(-c6ccccc6)c6cc(-c7ccc8c(c7)c7ccccc7n8-c7ccc(C)cc7)ccc6c(-c6ccccc6)c5c4)ccc32)cc1. The molecule has 0 aliphatic rings. The van der Waals surface area contributed by atoms with Crippen LogP contribution in [0.1, 0.15) is 11.1 Å². The van der Waals surface area contributed by atoms with Crippen LogP contribution in [0.25, 0.3) is 121 Å². The smallest absolute Gasteiger partial charge is 0.0541 e. The lowest BCUT2D eigenvalue weighted by Crippen LogP contribution is -1.94. The van der Waals surface area contributed by atoms with Crippen LogP contribution in [0.15, 0.2) is 231 Å². The maximum Gasteiger partial charge on any atom is 0.0541 e. The van der Waals surface area contributed by atoms with Crippen molar-refractivity contribution < 1.29 is 0 Å². The predicted octanol–water partition coefficient (Wildman–Crippen LogP) is 17.5. The van der Waals surface area contributed by atoms with E-state index in [-0.39, 0.29) is 0 Å². The van der Waals surface area contributed by atoms with Crippen molar-refractivity contribution in [1.29, 1.82) is 0 Å². The number of aromatic nitrogens is 2. The van der Waals surface area contributed by atoms with Gasteiger partial charge in [-0.15, -0.1) is 0 Å². The largest absolute Gasteiger partial charge is 0.309 e. The van der Waals surface area contributed by atoms with Crippen molar-refractivity contribution in [3.05, 3.63) is 242 Å². The normalized spacial score (nSPS) is 11.8. The molecule has 13 rings (SSSR count). The third-order valence-electron chi connectivity index (χ3n) is 13.8. The molecule has 0 aliphatic carbocycles. The fourth-order valence-corrected chi connectivity index (χ4v) is 10.7. The summed E-state index contributed by atoms with van der Waals surface area (Å²) in [5.74, 6) is 0. The molecule has 0 N–H and O–H groups in total. The minimum absolute atomic E-state index is 1.17. The van der Waals surface area contributed by atoms with E-state index in [2.05, 4.69) is 254 Å². The van der Waals surface area contributed by atoms with Crippen LogP contribution in [-0.2, 0) is 0 Å². The first-order chi connectivity index (χ1) is 32.6. The molecule has 0 amide bonds. The highest BCUT2D eigenvalue weighted by Gasteiger charge is 2.20. The minimum Gasteiger partial charge on any atom is -0.309 e. The maximum atomic E-state index is 2.44. The lowest BCUT2D eigenvalue weighted by atomic mass is 9.84. The number of benzene rings is 11. The second-order valence-electron chi connectivity index (χ2n) is 17.8. The van der Waals surface area contributed by atoms with Gasteiger partial charge >= 0.3 is 0 Å². The summed E-state index contributed by atoms with van der Waals surface area (Å²) < 4.78 is 4.80. The fourth-order valence-electron chi connectivity index (χ4n) is 10.7. The lowest BCUT2D eigenvalue weighted by molar-refractivity contribution is 1.17. The van der Waals surface area contributed by atoms with Crippen LogP contribution >= 0.6 is 0 Å². The molecule has 11 aromatic carbocycles. The molecule has 0 bridgehead atoms. The van der Waals surface area contributed by atoms with Gasteiger partial charge in [0.1, 0.15) is 0 Å². The molecule has 2 nitrogen and oxygen atoms in total. The molecule has 0 radical (unpaired) electrons. The summed E-state index contributed by atoms with van der Waals surface area (Å²) in [5.41, 5.74) is 19.4. The molecule has 0 spiro atoms. The van der Waals surface area contributed by atoms with Crippen LogP contribution in [0, 0.1) is 13.8 Å². The first kappa shape index (κ1) is 38.0. The van der Waals surface area contributed by atoms with Crippen molar-refractivity contribution in [1.82, 2.24) is 9.13 Å². The standard InChI is InChI=1S/C64H44N2/c1-41-21-29-49(30-22-41)65-59-19-11-9-17-51(59)55-37-47(27-35-61(55)65)45-25-33-53-57(39-45)63(43-13-5-3-6-14-43)54-34-26-46(40-58(54)64(53)44-15-7-4-8-16-44)48-28-36-62-56(38-48)52-18-10-12-20-60(52)66(62)50-31-23-42(2)24-32-50/h3-40H,1-2H3. The zero-order chi connectivity index (χ0) is 43.9. The van der Waals surface area contributed by atoms with Crippen molar-refractivity contribution >= 4 is 65.2 Å². The molecule has 66 heavy (non-hydrogen) atoms. The molecule has 310 valence electrons. The van der Waals surface area contributed by atoms with Gasteiger partial charge in [-0.3, -0.25) is 0 Å². The molecular weight excluding hydrogens is 797 g/mol. The summed E-state index contributed by atoms with van der Waals surface area (Å²) in [5, 5.41) is 9.97. The lowest BCUT2D eigenvalue weighted by Gasteiger charge is -2.20. The molecule has 0 fully saturated rings. The van der Waals surface area contributed by atoms with Gasteiger partial charge in [0.25, 0.3) is 0 Å². The predicted molar refractivity (Wildman–Crippen MR) is 281 cm³/mol. The van der Waals surface area contributed by atoms with Gasteiger partial charge in [-0.1, -0.05) is 169 Å². The average molecular weight is 841 g/mol. The molecular formula is C64H44N2. The van der Waals surface area contributed by atoms with Crippen LogP contribution in [0.4, 0.5) is 0 Å². The van der Waals surface area contributed by atoms with Gasteiger partial charge in [0.15, 0.2) is 0 Å². The Bertz CT molecular complexity index is 3750. The Balaban J connectivity index is 1.03. The van der Waals surface area contributed by atoms with Gasteiger partial charge in [0.2, 0.25) is 0 Å². The van der Waals surface area contributed by atoms with E-state index >= 15 is 0 Å². The quantitative estimate of drug-likeness (QED) is 0.148. The Labute approximate surface area is 383 Å². The van der Waals surface area contributed by atoms with Gasteiger partial charge in [-0.05, 0) is 153 Å². The topological polar surface area (TPSA) is 9.86 Å². The van der Waals surface area contributed by atoms with Gasteiger partial charge in [-0.25, -0.2) is 0 Å². The number of hydrogen-bond donors (Lipinski definition) is 0. The van der Waals surface area contributed by atoms with E-state index in [0.29, 0.717) is 0 Å². The molecule has 2 heterocycles. The minimum atomic E-state index is 1.17. The van der Waals surface area contributed by atoms with E-state index in [4.69, 9.17) is 0 Å². The van der Waals surface area contributed by atoms with Crippen molar-refractivity contribution in [3.8, 4) is 55.9 Å². The molecule has 2 aromatic heterocycles. The molecule has 0 saturated heterocycles. The second kappa shape index (κ2) is 15.1. The maximum absolute atomic E-state index is 2.44. The molecule has 2 heteroatoms. The number of nitrogens with zero attached hydrogens (tertiary/aromatic N) is 2. The summed E-state index contributed by atoms with van der Waals surface area (Å²) in [6.45, 7) is 4.29. The molecule has 0 aliphatic heterocycles. The van der Waals surface area contributed by atoms with Gasteiger partial charge < -0.3 is 9.13 Å². The average Bonchev–Trinajstić information content (AvgIpc) is 3.88. The van der Waals surface area contributed by atoms with Gasteiger partial charge in [-0.2, -0.15) is 0 Å². The zero-order valence-corrected chi connectivity index (χ0v) is 36.8. The van der Waals surface area contributed by atoms with Crippen molar-refractivity contribution in [3.63, 3.8) is 0 Å². The Hall–Kier alpha value is -8.46. The van der Waals surface area contributed by atoms with Crippen molar-refractivity contribution in [2.24, 2.45) is 0 Å². The van der Waals surface area contributed by atoms with E-state index in [1.54, 1.807) is 0 Å². The van der Waals surface area contributed by atoms with Gasteiger partial charge in [0, 0.05) is 32.9 Å². The fraction of sp³-hybridized carbons (Fsp3) is 0.0312. The van der Waals surface area contributed by atoms with Crippen LogP contribution in [0.2, 0.25) is 0 Å². The third kappa shape index (κ3) is 6.03. The summed E-state index contributed by atoms with van der Waals surface area (Å²) in [6, 6.07) is 85.5. The number of para-hydroxylation sites is 2. The monoisotopic (exact) mass is 840 g/mol. The summed E-state index contributed by atoms with van der Waals surface area (Å²) in [4.78, 5) is 0. The zero-order valence-electron chi connectivity index (χ0n) is 36.8. The second-order valence-corrected chi connectivity index (χ2v) is 17.8. The first-order valence-electron chi connectivity index (χ1n) is 22.9. The molecule has 13 aromatic rings. The van der Waals surface area contributed by atoms with E-state index in [1.165, 1.54) is 132 Å². The van der Waals surface area contributed by atoms with Crippen LogP contribution in [0.3, 0.4) is 0 Å². The number of rotatable bonds is 6. The highest BCUT2D eigenvalue weighted by Crippen LogP contribution is 2.47. The van der Waals surface area contributed by atoms with Gasteiger partial charge in [0.05, 0.1) is 22.1 Å². The molecule has 0 unspecified atom stereocenters. The molecule has 0 atom stereocenters. The van der Waals surface area contributed by atoms with E-state index in [9.17, 15) is 0 Å². The van der Waals surface area contributed by atoms with Crippen LogP contribution < -0.4 is 0 Å². The Morgan fingerprint density at radius 2 is 0.561 bits per heavy atom. The summed E-state index contributed by atoms with van der Waals surface area (Å²) in [6.07, 6.45) is 0. The number of hydrogen-bond acceptors (Lipinski definition) is 0. The van der Waals surface area contributed by atoms with Crippen LogP contribution in [-0.4, -0.2) is 9.13 Å². The third-order valence-corrected chi connectivity index (χ3v) is 13.8. The Morgan fingerprint density at radius 1 is 0.227 bits per heavy atom. The Kier molecular flexibility index (Phi) is 8.69. The van der Waals surface area contributed by atoms with Crippen molar-refractivity contribution in [2.45, 2.75) is 13.8 Å². The van der Waals surface area contributed by atoms with E-state index < -0.39 is 0 Å². The Morgan fingerprint density at radius 3 is 0.970 bits per heavy atom. The number of aryl methyl sites for hydroxylation is 2. The first-order valence-corrected chi connectivity index (χ1v) is 22.9. The summed E-state index contributed by atoms with van der Waals surface area (Å²) in [7, 11) is 0. The highest BCUT2D eigenvalue weighted by atomic mass is 15.0. The summed E-state index contributed by atoms with van der Waals surface area (Å²) >= 11 is 0. The van der Waals surface area contributed by atoms with Crippen LogP contribution in [0.5, 0.6) is 0 Å². The van der Waals surface area contributed by atoms with E-state index in [1.807, 2.05) is 0 Å². The number of fused-ring (bicyclic) bond motifs is 8. The van der Waals surface area contributed by atoms with E-state index in [0.717, 1.165) is 0 Å². The molecule has 0 saturated carbocycles. The van der Waals surface area contributed by atoms with Crippen molar-refractivity contribution in [2.75, 3.05) is 0 Å².